The van der Waals surface area contributed by atoms with Crippen molar-refractivity contribution in [3.63, 3.8) is 0 Å². The van der Waals surface area contributed by atoms with E-state index >= 15 is 0 Å². The molecular weight excluding hydrogens is 312 g/mol. The van der Waals surface area contributed by atoms with Crippen LogP contribution in [0.3, 0.4) is 0 Å². The van der Waals surface area contributed by atoms with Gasteiger partial charge in [0, 0.05) is 24.3 Å². The third-order valence-electron chi connectivity index (χ3n) is 4.00. The van der Waals surface area contributed by atoms with Gasteiger partial charge in [0.2, 0.25) is 5.91 Å². The predicted molar refractivity (Wildman–Crippen MR) is 75.5 cm³/mol. The lowest BCUT2D eigenvalue weighted by Gasteiger charge is -2.27. The zero-order valence-electron chi connectivity index (χ0n) is 10.3. The van der Waals surface area contributed by atoms with E-state index in [1.54, 1.807) is 11.3 Å². The number of carbonyl (C=O) groups excluding carboxylic acids is 1. The van der Waals surface area contributed by atoms with E-state index in [0.717, 1.165) is 29.8 Å². The average Bonchev–Trinajstić information content (AvgIpc) is 2.95. The molecule has 0 aromatic carbocycles. The summed E-state index contributed by atoms with van der Waals surface area (Å²) >= 11 is 5.09. The highest BCUT2D eigenvalue weighted by atomic mass is 79.9. The summed E-state index contributed by atoms with van der Waals surface area (Å²) in [6, 6.07) is 0. The van der Waals surface area contributed by atoms with Crippen LogP contribution in [0.1, 0.15) is 42.7 Å². The maximum atomic E-state index is 12.3. The molecule has 0 radical (unpaired) electrons. The fourth-order valence-corrected chi connectivity index (χ4v) is 4.61. The van der Waals surface area contributed by atoms with Crippen LogP contribution in [-0.4, -0.2) is 22.3 Å². The van der Waals surface area contributed by atoms with E-state index in [2.05, 4.69) is 20.9 Å². The Hall–Kier alpha value is -0.420. The number of thiazole rings is 1. The van der Waals surface area contributed by atoms with Crippen molar-refractivity contribution in [1.29, 1.82) is 0 Å². The quantitative estimate of drug-likeness (QED) is 0.833. The molecular formula is C13H17BrN2OS. The van der Waals surface area contributed by atoms with Gasteiger partial charge in [-0.2, -0.15) is 0 Å². The van der Waals surface area contributed by atoms with E-state index in [1.807, 2.05) is 4.90 Å². The molecule has 1 amide bonds. The van der Waals surface area contributed by atoms with E-state index in [1.165, 1.54) is 36.3 Å². The Morgan fingerprint density at radius 3 is 3.00 bits per heavy atom. The van der Waals surface area contributed by atoms with Crippen LogP contribution in [0.4, 0.5) is 0 Å². The first-order valence-electron chi connectivity index (χ1n) is 6.64. The molecule has 5 heteroatoms. The SMILES string of the molecule is O=C(CC1CCCC1)N1CCc2nc(Br)sc2C1. The summed E-state index contributed by atoms with van der Waals surface area (Å²) in [5, 5.41) is 0. The molecule has 1 saturated carbocycles. The second-order valence-electron chi connectivity index (χ2n) is 5.26. The van der Waals surface area contributed by atoms with Crippen LogP contribution in [0.25, 0.3) is 0 Å². The number of carbonyl (C=O) groups is 1. The second kappa shape index (κ2) is 5.29. The normalized spacial score (nSPS) is 20.2. The Morgan fingerprint density at radius 2 is 2.22 bits per heavy atom. The van der Waals surface area contributed by atoms with Gasteiger partial charge in [-0.3, -0.25) is 4.79 Å². The first-order valence-corrected chi connectivity index (χ1v) is 8.25. The van der Waals surface area contributed by atoms with Crippen LogP contribution >= 0.6 is 27.3 Å². The van der Waals surface area contributed by atoms with Crippen LogP contribution < -0.4 is 0 Å². The van der Waals surface area contributed by atoms with E-state index in [4.69, 9.17) is 0 Å². The minimum atomic E-state index is 0.345. The third kappa shape index (κ3) is 2.62. The predicted octanol–water partition coefficient (Wildman–Crippen LogP) is 3.37. The topological polar surface area (TPSA) is 33.2 Å². The molecule has 1 aromatic heterocycles. The highest BCUT2D eigenvalue weighted by Crippen LogP contribution is 2.31. The molecule has 3 rings (SSSR count). The summed E-state index contributed by atoms with van der Waals surface area (Å²) in [6.07, 6.45) is 6.78. The largest absolute Gasteiger partial charge is 0.337 e. The van der Waals surface area contributed by atoms with E-state index in [9.17, 15) is 4.79 Å². The van der Waals surface area contributed by atoms with Gasteiger partial charge in [0.1, 0.15) is 0 Å². The maximum absolute atomic E-state index is 12.3. The molecule has 0 saturated heterocycles. The first kappa shape index (κ1) is 12.6. The van der Waals surface area contributed by atoms with Crippen molar-refractivity contribution in [2.75, 3.05) is 6.54 Å². The van der Waals surface area contributed by atoms with Gasteiger partial charge in [-0.05, 0) is 34.7 Å². The molecule has 0 atom stereocenters. The van der Waals surface area contributed by atoms with Crippen LogP contribution in [-0.2, 0) is 17.8 Å². The molecule has 98 valence electrons. The Labute approximate surface area is 120 Å². The van der Waals surface area contributed by atoms with Crippen LogP contribution in [0.15, 0.2) is 3.92 Å². The number of hydrogen-bond acceptors (Lipinski definition) is 3. The highest BCUT2D eigenvalue weighted by molar-refractivity contribution is 9.11. The Balaban J connectivity index is 1.62. The Kier molecular flexibility index (Phi) is 3.71. The first-order chi connectivity index (χ1) is 8.72. The van der Waals surface area contributed by atoms with Crippen LogP contribution in [0, 0.1) is 5.92 Å². The highest BCUT2D eigenvalue weighted by Gasteiger charge is 2.26. The van der Waals surface area contributed by atoms with Crippen molar-refractivity contribution in [2.24, 2.45) is 5.92 Å². The summed E-state index contributed by atoms with van der Waals surface area (Å²) in [5.74, 6) is 0.990. The average molecular weight is 329 g/mol. The lowest BCUT2D eigenvalue weighted by molar-refractivity contribution is -0.133. The lowest BCUT2D eigenvalue weighted by Crippen LogP contribution is -2.36. The zero-order chi connectivity index (χ0) is 12.5. The monoisotopic (exact) mass is 328 g/mol. The van der Waals surface area contributed by atoms with Crippen molar-refractivity contribution in [3.8, 4) is 0 Å². The van der Waals surface area contributed by atoms with Gasteiger partial charge >= 0.3 is 0 Å². The molecule has 3 nitrogen and oxygen atoms in total. The van der Waals surface area contributed by atoms with Gasteiger partial charge in [0.05, 0.1) is 12.2 Å². The number of halogens is 1. The van der Waals surface area contributed by atoms with Crippen LogP contribution in [0.5, 0.6) is 0 Å². The van der Waals surface area contributed by atoms with Gasteiger partial charge < -0.3 is 4.90 Å². The molecule has 0 spiro atoms. The van der Waals surface area contributed by atoms with Crippen LogP contribution in [0.2, 0.25) is 0 Å². The summed E-state index contributed by atoms with van der Waals surface area (Å²) in [5.41, 5.74) is 1.18. The summed E-state index contributed by atoms with van der Waals surface area (Å²) in [4.78, 5) is 20.0. The van der Waals surface area contributed by atoms with E-state index < -0.39 is 0 Å². The van der Waals surface area contributed by atoms with Gasteiger partial charge in [-0.25, -0.2) is 4.98 Å². The van der Waals surface area contributed by atoms with Gasteiger partial charge in [0.15, 0.2) is 3.92 Å². The molecule has 18 heavy (non-hydrogen) atoms. The summed E-state index contributed by atoms with van der Waals surface area (Å²) in [7, 11) is 0. The number of nitrogens with zero attached hydrogens (tertiary/aromatic N) is 2. The van der Waals surface area contributed by atoms with Crippen molar-refractivity contribution in [1.82, 2.24) is 9.88 Å². The fraction of sp³-hybridized carbons (Fsp3) is 0.692. The molecule has 0 N–H and O–H groups in total. The van der Waals surface area contributed by atoms with E-state index in [0.29, 0.717) is 11.8 Å². The molecule has 0 bridgehead atoms. The fourth-order valence-electron chi connectivity index (χ4n) is 2.97. The van der Waals surface area contributed by atoms with Crippen molar-refractivity contribution in [3.05, 3.63) is 14.5 Å². The van der Waals surface area contributed by atoms with Gasteiger partial charge in [0.25, 0.3) is 0 Å². The molecule has 0 unspecified atom stereocenters. The molecule has 1 aromatic rings. The zero-order valence-corrected chi connectivity index (χ0v) is 12.7. The van der Waals surface area contributed by atoms with Gasteiger partial charge in [-0.15, -0.1) is 11.3 Å². The number of amides is 1. The second-order valence-corrected chi connectivity index (χ2v) is 7.62. The molecule has 2 heterocycles. The standard InChI is InChI=1S/C13H17BrN2OS/c14-13-15-10-5-6-16(8-11(10)18-13)12(17)7-9-3-1-2-4-9/h9H,1-8H2. The summed E-state index contributed by atoms with van der Waals surface area (Å²) in [6.45, 7) is 1.61. The van der Waals surface area contributed by atoms with Crippen molar-refractivity contribution < 1.29 is 4.79 Å². The Bertz CT molecular complexity index is 454. The lowest BCUT2D eigenvalue weighted by atomic mass is 10.0. The summed E-state index contributed by atoms with van der Waals surface area (Å²) < 4.78 is 0.942. The molecule has 2 aliphatic rings. The number of aromatic nitrogens is 1. The Morgan fingerprint density at radius 1 is 1.44 bits per heavy atom. The molecule has 1 aliphatic heterocycles. The number of rotatable bonds is 2. The molecule has 1 aliphatic carbocycles. The van der Waals surface area contributed by atoms with Crippen molar-refractivity contribution in [2.45, 2.75) is 45.1 Å². The minimum absolute atomic E-state index is 0.345. The number of fused-ring (bicyclic) bond motifs is 1. The number of hydrogen-bond donors (Lipinski definition) is 0. The van der Waals surface area contributed by atoms with Gasteiger partial charge in [-0.1, -0.05) is 12.8 Å². The third-order valence-corrected chi connectivity index (χ3v) is 5.53. The maximum Gasteiger partial charge on any atom is 0.223 e. The van der Waals surface area contributed by atoms with Crippen molar-refractivity contribution >= 4 is 33.2 Å². The smallest absolute Gasteiger partial charge is 0.223 e. The molecule has 1 fully saturated rings. The van der Waals surface area contributed by atoms with E-state index in [-0.39, 0.29) is 0 Å². The minimum Gasteiger partial charge on any atom is -0.337 e.